The lowest BCUT2D eigenvalue weighted by atomic mass is 10.0. The molecule has 2 heterocycles. The number of hydrogen-bond acceptors (Lipinski definition) is 5. The molecule has 1 atom stereocenters. The zero-order chi connectivity index (χ0) is 14.9. The van der Waals surface area contributed by atoms with Gasteiger partial charge in [-0.2, -0.15) is 0 Å². The van der Waals surface area contributed by atoms with Gasteiger partial charge in [-0.25, -0.2) is 13.4 Å². The molecular formula is C14H20N2O3S2. The van der Waals surface area contributed by atoms with E-state index in [1.165, 1.54) is 23.4 Å². The smallest absolute Gasteiger partial charge is 0.220 e. The summed E-state index contributed by atoms with van der Waals surface area (Å²) in [6.45, 7) is 0. The van der Waals surface area contributed by atoms with Gasteiger partial charge in [-0.3, -0.25) is 4.79 Å². The summed E-state index contributed by atoms with van der Waals surface area (Å²) in [6, 6.07) is -0.202. The predicted octanol–water partition coefficient (Wildman–Crippen LogP) is 1.26. The molecule has 116 valence electrons. The fourth-order valence-electron chi connectivity index (χ4n) is 2.94. The molecule has 1 aromatic heterocycles. The molecule has 3 rings (SSSR count). The SMILES string of the molecule is O=C(CCc1nc2c(s1)CCCC2)NC1CCS(=O)(=O)C1. The molecule has 0 radical (unpaired) electrons. The summed E-state index contributed by atoms with van der Waals surface area (Å²) in [5.74, 6) is 0.215. The molecule has 1 aliphatic heterocycles. The quantitative estimate of drug-likeness (QED) is 0.903. The lowest BCUT2D eigenvalue weighted by Crippen LogP contribution is -2.35. The van der Waals surface area contributed by atoms with Gasteiger partial charge in [0.25, 0.3) is 0 Å². The maximum absolute atomic E-state index is 11.9. The first-order chi connectivity index (χ1) is 10.0. The number of carbonyl (C=O) groups excluding carboxylic acids is 1. The number of fused-ring (bicyclic) bond motifs is 1. The van der Waals surface area contributed by atoms with Gasteiger partial charge in [-0.15, -0.1) is 11.3 Å². The molecule has 1 N–H and O–H groups in total. The van der Waals surface area contributed by atoms with Gasteiger partial charge in [0.05, 0.1) is 22.2 Å². The van der Waals surface area contributed by atoms with Gasteiger partial charge in [0, 0.05) is 23.8 Å². The lowest BCUT2D eigenvalue weighted by molar-refractivity contribution is -0.121. The minimum absolute atomic E-state index is 0.0646. The summed E-state index contributed by atoms with van der Waals surface area (Å²) in [4.78, 5) is 17.9. The number of nitrogens with one attached hydrogen (secondary N) is 1. The maximum Gasteiger partial charge on any atom is 0.220 e. The summed E-state index contributed by atoms with van der Waals surface area (Å²) in [5, 5.41) is 3.86. The Labute approximate surface area is 129 Å². The van der Waals surface area contributed by atoms with E-state index in [-0.39, 0.29) is 23.5 Å². The minimum Gasteiger partial charge on any atom is -0.352 e. The third kappa shape index (κ3) is 3.83. The van der Waals surface area contributed by atoms with Crippen LogP contribution in [0.25, 0.3) is 0 Å². The van der Waals surface area contributed by atoms with Crippen LogP contribution < -0.4 is 5.32 Å². The number of aryl methyl sites for hydroxylation is 3. The van der Waals surface area contributed by atoms with Crippen LogP contribution in [0.15, 0.2) is 0 Å². The topological polar surface area (TPSA) is 76.1 Å². The first-order valence-electron chi connectivity index (χ1n) is 7.49. The third-order valence-electron chi connectivity index (χ3n) is 4.05. The van der Waals surface area contributed by atoms with Crippen molar-refractivity contribution in [1.29, 1.82) is 0 Å². The third-order valence-corrected chi connectivity index (χ3v) is 7.04. The highest BCUT2D eigenvalue weighted by Crippen LogP contribution is 2.27. The van der Waals surface area contributed by atoms with E-state index in [1.54, 1.807) is 11.3 Å². The van der Waals surface area contributed by atoms with Gasteiger partial charge in [-0.05, 0) is 32.1 Å². The molecule has 0 spiro atoms. The molecule has 1 amide bonds. The van der Waals surface area contributed by atoms with E-state index >= 15 is 0 Å². The molecule has 1 aliphatic carbocycles. The van der Waals surface area contributed by atoms with Crippen LogP contribution in [0.4, 0.5) is 0 Å². The van der Waals surface area contributed by atoms with Gasteiger partial charge in [0.15, 0.2) is 9.84 Å². The molecule has 1 unspecified atom stereocenters. The largest absolute Gasteiger partial charge is 0.352 e. The van der Waals surface area contributed by atoms with Crippen molar-refractivity contribution in [2.45, 2.75) is 51.0 Å². The number of sulfone groups is 1. The van der Waals surface area contributed by atoms with E-state index < -0.39 is 9.84 Å². The lowest BCUT2D eigenvalue weighted by Gasteiger charge is -2.09. The highest BCUT2D eigenvalue weighted by atomic mass is 32.2. The van der Waals surface area contributed by atoms with Crippen LogP contribution >= 0.6 is 11.3 Å². The Morgan fingerprint density at radius 3 is 2.86 bits per heavy atom. The second-order valence-corrected chi connectivity index (χ2v) is 9.25. The number of rotatable bonds is 4. The summed E-state index contributed by atoms with van der Waals surface area (Å²) in [5.41, 5.74) is 1.23. The van der Waals surface area contributed by atoms with Crippen LogP contribution in [0.3, 0.4) is 0 Å². The van der Waals surface area contributed by atoms with Crippen molar-refractivity contribution in [3.63, 3.8) is 0 Å². The van der Waals surface area contributed by atoms with Crippen LogP contribution in [0.2, 0.25) is 0 Å². The van der Waals surface area contributed by atoms with Gasteiger partial charge >= 0.3 is 0 Å². The zero-order valence-electron chi connectivity index (χ0n) is 11.9. The summed E-state index contributed by atoms with van der Waals surface area (Å²) < 4.78 is 22.7. The number of amides is 1. The van der Waals surface area contributed by atoms with E-state index in [4.69, 9.17) is 0 Å². The van der Waals surface area contributed by atoms with Crippen molar-refractivity contribution in [2.24, 2.45) is 0 Å². The van der Waals surface area contributed by atoms with Gasteiger partial charge in [-0.1, -0.05) is 0 Å². The average molecular weight is 328 g/mol. The number of carbonyl (C=O) groups is 1. The number of thiazole rings is 1. The van der Waals surface area contributed by atoms with Crippen LogP contribution in [-0.4, -0.2) is 36.9 Å². The van der Waals surface area contributed by atoms with E-state index in [1.807, 2.05) is 0 Å². The fraction of sp³-hybridized carbons (Fsp3) is 0.714. The Morgan fingerprint density at radius 2 is 2.14 bits per heavy atom. The molecule has 1 fully saturated rings. The Hall–Kier alpha value is -0.950. The molecule has 7 heteroatoms. The molecule has 0 aromatic carbocycles. The summed E-state index contributed by atoms with van der Waals surface area (Å²) in [7, 11) is -2.94. The first kappa shape index (κ1) is 15.0. The highest BCUT2D eigenvalue weighted by molar-refractivity contribution is 7.91. The number of aromatic nitrogens is 1. The Morgan fingerprint density at radius 1 is 1.33 bits per heavy atom. The standard InChI is InChI=1S/C14H20N2O3S2/c17-13(15-10-7-8-21(18,19)9-10)5-6-14-16-11-3-1-2-4-12(11)20-14/h10H,1-9H2,(H,15,17). The Bertz CT molecular complexity index is 613. The molecule has 2 aliphatic rings. The predicted molar refractivity (Wildman–Crippen MR) is 82.3 cm³/mol. The molecule has 21 heavy (non-hydrogen) atoms. The Kier molecular flexibility index (Phi) is 4.31. The summed E-state index contributed by atoms with van der Waals surface area (Å²) >= 11 is 1.73. The van der Waals surface area contributed by atoms with Crippen molar-refractivity contribution in [1.82, 2.24) is 10.3 Å². The average Bonchev–Trinajstić information content (AvgIpc) is 2.99. The monoisotopic (exact) mass is 328 g/mol. The van der Waals surface area contributed by atoms with Gasteiger partial charge in [0.1, 0.15) is 0 Å². The van der Waals surface area contributed by atoms with Crippen molar-refractivity contribution in [3.8, 4) is 0 Å². The number of nitrogens with zero attached hydrogens (tertiary/aromatic N) is 1. The van der Waals surface area contributed by atoms with Crippen molar-refractivity contribution in [2.75, 3.05) is 11.5 Å². The second kappa shape index (κ2) is 6.04. The van der Waals surface area contributed by atoms with Crippen molar-refractivity contribution in [3.05, 3.63) is 15.6 Å². The minimum atomic E-state index is -2.94. The van der Waals surface area contributed by atoms with E-state index in [2.05, 4.69) is 10.3 Å². The number of hydrogen-bond donors (Lipinski definition) is 1. The molecular weight excluding hydrogens is 308 g/mol. The normalized spacial score (nSPS) is 23.7. The molecule has 5 nitrogen and oxygen atoms in total. The highest BCUT2D eigenvalue weighted by Gasteiger charge is 2.28. The first-order valence-corrected chi connectivity index (χ1v) is 10.1. The van der Waals surface area contributed by atoms with Gasteiger partial charge in [0.2, 0.25) is 5.91 Å². The maximum atomic E-state index is 11.9. The summed E-state index contributed by atoms with van der Waals surface area (Å²) in [6.07, 6.45) is 6.24. The second-order valence-electron chi connectivity index (χ2n) is 5.85. The van der Waals surface area contributed by atoms with Crippen LogP contribution in [-0.2, 0) is 33.9 Å². The van der Waals surface area contributed by atoms with E-state index in [9.17, 15) is 13.2 Å². The molecule has 0 saturated carbocycles. The molecule has 0 bridgehead atoms. The molecule has 1 saturated heterocycles. The van der Waals surface area contributed by atoms with Crippen molar-refractivity contribution < 1.29 is 13.2 Å². The molecule has 1 aromatic rings. The van der Waals surface area contributed by atoms with Crippen LogP contribution in [0.5, 0.6) is 0 Å². The van der Waals surface area contributed by atoms with Crippen LogP contribution in [0, 0.1) is 0 Å². The van der Waals surface area contributed by atoms with Crippen LogP contribution in [0.1, 0.15) is 41.3 Å². The fourth-order valence-corrected chi connectivity index (χ4v) is 5.77. The van der Waals surface area contributed by atoms with E-state index in [0.29, 0.717) is 19.3 Å². The van der Waals surface area contributed by atoms with E-state index in [0.717, 1.165) is 17.8 Å². The van der Waals surface area contributed by atoms with Crippen molar-refractivity contribution >= 4 is 27.1 Å². The Balaban J connectivity index is 1.48. The van der Waals surface area contributed by atoms with Gasteiger partial charge < -0.3 is 5.32 Å². The zero-order valence-corrected chi connectivity index (χ0v) is 13.6.